The molecule has 0 aromatic carbocycles. The molecule has 96 valence electrons. The Morgan fingerprint density at radius 2 is 2.24 bits per heavy atom. The fourth-order valence-corrected chi connectivity index (χ4v) is 2.46. The summed E-state index contributed by atoms with van der Waals surface area (Å²) in [5.41, 5.74) is 0. The van der Waals surface area contributed by atoms with Gasteiger partial charge in [0.2, 0.25) is 5.91 Å². The van der Waals surface area contributed by atoms with Crippen LogP contribution >= 0.6 is 11.8 Å². The third-order valence-corrected chi connectivity index (χ3v) is 3.64. The standard InChI is InChI=1S/C10H15NO5S/c1-6(13)17-5-7-2-9(14)11(3-7)8(4-12)10(15)16/h7-8,12H,2-5H2,1H3,(H,15,16)/t7?,8-/m0/s1. The van der Waals surface area contributed by atoms with E-state index in [0.717, 1.165) is 11.8 Å². The smallest absolute Gasteiger partial charge is 0.328 e. The van der Waals surface area contributed by atoms with E-state index in [-0.39, 0.29) is 29.9 Å². The van der Waals surface area contributed by atoms with Gasteiger partial charge in [0.1, 0.15) is 0 Å². The number of rotatable bonds is 5. The van der Waals surface area contributed by atoms with Crippen LogP contribution in [0, 0.1) is 5.92 Å². The SMILES string of the molecule is CC(=O)SCC1CC(=O)N([C@@H](CO)C(=O)O)C1. The van der Waals surface area contributed by atoms with Crippen molar-refractivity contribution in [3.63, 3.8) is 0 Å². The minimum Gasteiger partial charge on any atom is -0.480 e. The van der Waals surface area contributed by atoms with Gasteiger partial charge in [-0.25, -0.2) is 4.79 Å². The maximum Gasteiger partial charge on any atom is 0.328 e. The van der Waals surface area contributed by atoms with Crippen molar-refractivity contribution < 1.29 is 24.6 Å². The Balaban J connectivity index is 2.57. The Labute approximate surface area is 103 Å². The summed E-state index contributed by atoms with van der Waals surface area (Å²) in [4.78, 5) is 34.4. The first-order valence-corrected chi connectivity index (χ1v) is 6.20. The Morgan fingerprint density at radius 1 is 1.59 bits per heavy atom. The molecule has 7 heteroatoms. The zero-order valence-corrected chi connectivity index (χ0v) is 10.3. The highest BCUT2D eigenvalue weighted by atomic mass is 32.2. The molecule has 1 amide bonds. The van der Waals surface area contributed by atoms with E-state index in [1.807, 2.05) is 0 Å². The number of likely N-dealkylation sites (tertiary alicyclic amines) is 1. The second-order valence-corrected chi connectivity index (χ2v) is 5.15. The molecular weight excluding hydrogens is 246 g/mol. The number of thioether (sulfide) groups is 1. The van der Waals surface area contributed by atoms with E-state index in [9.17, 15) is 14.4 Å². The molecule has 0 aromatic rings. The van der Waals surface area contributed by atoms with Gasteiger partial charge < -0.3 is 15.1 Å². The fourth-order valence-electron chi connectivity index (χ4n) is 1.77. The van der Waals surface area contributed by atoms with Crippen molar-refractivity contribution in [3.05, 3.63) is 0 Å². The number of nitrogens with zero attached hydrogens (tertiary/aromatic N) is 1. The molecule has 0 spiro atoms. The van der Waals surface area contributed by atoms with E-state index in [4.69, 9.17) is 10.2 Å². The van der Waals surface area contributed by atoms with E-state index in [1.165, 1.54) is 11.8 Å². The summed E-state index contributed by atoms with van der Waals surface area (Å²) in [5, 5.41) is 17.8. The first-order valence-electron chi connectivity index (χ1n) is 5.22. The van der Waals surface area contributed by atoms with Crippen LogP contribution in [0.2, 0.25) is 0 Å². The van der Waals surface area contributed by atoms with E-state index in [2.05, 4.69) is 0 Å². The van der Waals surface area contributed by atoms with Crippen molar-refractivity contribution in [2.24, 2.45) is 5.92 Å². The summed E-state index contributed by atoms with van der Waals surface area (Å²) in [7, 11) is 0. The molecule has 1 aliphatic rings. The summed E-state index contributed by atoms with van der Waals surface area (Å²) >= 11 is 1.13. The number of carboxylic acids is 1. The van der Waals surface area contributed by atoms with Crippen molar-refractivity contribution in [2.45, 2.75) is 19.4 Å². The predicted molar refractivity (Wildman–Crippen MR) is 61.5 cm³/mol. The monoisotopic (exact) mass is 261 g/mol. The second kappa shape index (κ2) is 6.02. The molecule has 0 saturated carbocycles. The van der Waals surface area contributed by atoms with Crippen LogP contribution in [-0.2, 0) is 14.4 Å². The number of aliphatic hydroxyl groups is 1. The van der Waals surface area contributed by atoms with Gasteiger partial charge in [0.05, 0.1) is 6.61 Å². The quantitative estimate of drug-likeness (QED) is 0.696. The molecule has 1 saturated heterocycles. The number of hydrogen-bond acceptors (Lipinski definition) is 5. The minimum atomic E-state index is -1.21. The van der Waals surface area contributed by atoms with Crippen LogP contribution in [-0.4, -0.2) is 57.1 Å². The number of aliphatic hydroxyl groups excluding tert-OH is 1. The van der Waals surface area contributed by atoms with Crippen LogP contribution in [0.15, 0.2) is 0 Å². The molecule has 0 radical (unpaired) electrons. The first-order chi connectivity index (χ1) is 7.95. The summed E-state index contributed by atoms with van der Waals surface area (Å²) in [6.07, 6.45) is 0.240. The zero-order chi connectivity index (χ0) is 13.0. The first kappa shape index (κ1) is 14.0. The molecule has 2 N–H and O–H groups in total. The maximum absolute atomic E-state index is 11.6. The average molecular weight is 261 g/mol. The molecule has 0 aromatic heterocycles. The van der Waals surface area contributed by atoms with Crippen molar-refractivity contribution in [1.29, 1.82) is 0 Å². The van der Waals surface area contributed by atoms with Gasteiger partial charge in [-0.2, -0.15) is 0 Å². The lowest BCUT2D eigenvalue weighted by Gasteiger charge is -2.22. The number of carboxylic acid groups (broad SMARTS) is 1. The number of carbonyl (C=O) groups is 3. The maximum atomic E-state index is 11.6. The fraction of sp³-hybridized carbons (Fsp3) is 0.700. The molecule has 0 bridgehead atoms. The van der Waals surface area contributed by atoms with Crippen LogP contribution in [0.4, 0.5) is 0 Å². The van der Waals surface area contributed by atoms with E-state index < -0.39 is 18.6 Å². The molecule has 1 unspecified atom stereocenters. The van der Waals surface area contributed by atoms with Gasteiger partial charge in [-0.1, -0.05) is 11.8 Å². The topological polar surface area (TPSA) is 94.9 Å². The lowest BCUT2D eigenvalue weighted by atomic mass is 10.1. The van der Waals surface area contributed by atoms with Gasteiger partial charge in [0, 0.05) is 25.6 Å². The number of hydrogen-bond donors (Lipinski definition) is 2. The van der Waals surface area contributed by atoms with Crippen LogP contribution in [0.3, 0.4) is 0 Å². The second-order valence-electron chi connectivity index (χ2n) is 3.96. The van der Waals surface area contributed by atoms with Crippen LogP contribution < -0.4 is 0 Å². The van der Waals surface area contributed by atoms with Gasteiger partial charge >= 0.3 is 5.97 Å². The Hall–Kier alpha value is -1.08. The predicted octanol–water partition coefficient (Wildman–Crippen LogP) is -0.440. The summed E-state index contributed by atoms with van der Waals surface area (Å²) < 4.78 is 0. The molecule has 0 aliphatic carbocycles. The highest BCUT2D eigenvalue weighted by Gasteiger charge is 2.37. The van der Waals surface area contributed by atoms with E-state index >= 15 is 0 Å². The van der Waals surface area contributed by atoms with Gasteiger partial charge in [0.15, 0.2) is 11.2 Å². The number of aliphatic carboxylic acids is 1. The molecule has 1 fully saturated rings. The highest BCUT2D eigenvalue weighted by Crippen LogP contribution is 2.24. The molecule has 17 heavy (non-hydrogen) atoms. The normalized spacial score (nSPS) is 21.6. The zero-order valence-electron chi connectivity index (χ0n) is 9.46. The Morgan fingerprint density at radius 3 is 2.71 bits per heavy atom. The van der Waals surface area contributed by atoms with E-state index in [1.54, 1.807) is 0 Å². The van der Waals surface area contributed by atoms with Crippen LogP contribution in [0.5, 0.6) is 0 Å². The summed E-state index contributed by atoms with van der Waals surface area (Å²) in [5.74, 6) is -0.999. The number of amides is 1. The lowest BCUT2D eigenvalue weighted by Crippen LogP contribution is -2.44. The molecule has 1 aliphatic heterocycles. The number of carbonyl (C=O) groups excluding carboxylic acids is 2. The van der Waals surface area contributed by atoms with Gasteiger partial charge in [0.25, 0.3) is 0 Å². The van der Waals surface area contributed by atoms with Crippen molar-refractivity contribution >= 4 is 28.8 Å². The van der Waals surface area contributed by atoms with Gasteiger partial charge in [-0.15, -0.1) is 0 Å². The highest BCUT2D eigenvalue weighted by molar-refractivity contribution is 8.13. The Kier molecular flexibility index (Phi) is 4.95. The molecule has 1 rings (SSSR count). The minimum absolute atomic E-state index is 0.0205. The molecule has 1 heterocycles. The summed E-state index contributed by atoms with van der Waals surface area (Å²) in [6, 6.07) is -1.17. The molecule has 2 atom stereocenters. The lowest BCUT2D eigenvalue weighted by molar-refractivity contribution is -0.150. The van der Waals surface area contributed by atoms with Crippen molar-refractivity contribution in [3.8, 4) is 0 Å². The molecule has 6 nitrogen and oxygen atoms in total. The van der Waals surface area contributed by atoms with Gasteiger partial charge in [-0.05, 0) is 5.92 Å². The van der Waals surface area contributed by atoms with E-state index in [0.29, 0.717) is 5.75 Å². The van der Waals surface area contributed by atoms with Crippen molar-refractivity contribution in [2.75, 3.05) is 18.9 Å². The van der Waals surface area contributed by atoms with Crippen LogP contribution in [0.1, 0.15) is 13.3 Å². The van der Waals surface area contributed by atoms with Crippen LogP contribution in [0.25, 0.3) is 0 Å². The Bertz CT molecular complexity index is 333. The van der Waals surface area contributed by atoms with Gasteiger partial charge in [-0.3, -0.25) is 9.59 Å². The third-order valence-electron chi connectivity index (χ3n) is 2.60. The van der Waals surface area contributed by atoms with Crippen molar-refractivity contribution in [1.82, 2.24) is 4.90 Å². The third kappa shape index (κ3) is 3.71. The average Bonchev–Trinajstić information content (AvgIpc) is 2.58. The molecular formula is C10H15NO5S. The summed E-state index contributed by atoms with van der Waals surface area (Å²) in [6.45, 7) is 1.15. The largest absolute Gasteiger partial charge is 0.480 e.